The highest BCUT2D eigenvalue weighted by molar-refractivity contribution is 6.05. The van der Waals surface area contributed by atoms with Crippen molar-refractivity contribution in [3.8, 4) is 0 Å². The predicted molar refractivity (Wildman–Crippen MR) is 79.8 cm³/mol. The molecule has 0 saturated carbocycles. The molecule has 1 aliphatic heterocycles. The minimum absolute atomic E-state index is 0.0338. The zero-order chi connectivity index (χ0) is 13.8. The van der Waals surface area contributed by atoms with Crippen molar-refractivity contribution < 1.29 is 4.79 Å². The summed E-state index contributed by atoms with van der Waals surface area (Å²) in [4.78, 5) is 19.0. The number of nitrogens with zero attached hydrogens (tertiary/aromatic N) is 2. The van der Waals surface area contributed by atoms with Gasteiger partial charge in [-0.25, -0.2) is 0 Å². The average molecular weight is 269 g/mol. The number of para-hydroxylation sites is 1. The molecule has 0 atom stereocenters. The van der Waals surface area contributed by atoms with E-state index in [2.05, 4.69) is 15.2 Å². The van der Waals surface area contributed by atoms with E-state index in [1.54, 1.807) is 6.20 Å². The number of hydrogen-bond acceptors (Lipinski definition) is 3. The average Bonchev–Trinajstić information content (AvgIpc) is 3.00. The summed E-state index contributed by atoms with van der Waals surface area (Å²) in [5.41, 5.74) is 1.43. The number of benzene rings is 1. The lowest BCUT2D eigenvalue weighted by Crippen LogP contribution is -2.33. The molecular weight excluding hydrogens is 250 g/mol. The maximum atomic E-state index is 12.3. The Morgan fingerprint density at radius 3 is 2.85 bits per heavy atom. The number of hydrogen-bond donors (Lipinski definition) is 1. The van der Waals surface area contributed by atoms with Gasteiger partial charge in [0.15, 0.2) is 0 Å². The van der Waals surface area contributed by atoms with Crippen molar-refractivity contribution in [2.45, 2.75) is 12.8 Å². The highest BCUT2D eigenvalue weighted by Gasteiger charge is 2.13. The molecule has 20 heavy (non-hydrogen) atoms. The molecule has 1 aliphatic rings. The third-order valence-electron chi connectivity index (χ3n) is 3.79. The number of nitrogens with one attached hydrogen (secondary N) is 1. The fourth-order valence-corrected chi connectivity index (χ4v) is 2.72. The van der Waals surface area contributed by atoms with Crippen molar-refractivity contribution in [3.63, 3.8) is 0 Å². The van der Waals surface area contributed by atoms with Crippen LogP contribution in [0.25, 0.3) is 10.9 Å². The maximum absolute atomic E-state index is 12.3. The van der Waals surface area contributed by atoms with Crippen molar-refractivity contribution in [2.24, 2.45) is 0 Å². The van der Waals surface area contributed by atoms with Gasteiger partial charge in [0.25, 0.3) is 5.91 Å². The van der Waals surface area contributed by atoms with Crippen molar-refractivity contribution in [3.05, 3.63) is 42.1 Å². The zero-order valence-electron chi connectivity index (χ0n) is 11.5. The summed E-state index contributed by atoms with van der Waals surface area (Å²) in [5.74, 6) is -0.0338. The normalized spacial score (nSPS) is 15.6. The molecule has 2 aromatic rings. The van der Waals surface area contributed by atoms with Gasteiger partial charge < -0.3 is 10.2 Å². The Bertz CT molecular complexity index is 600. The largest absolute Gasteiger partial charge is 0.351 e. The first-order chi connectivity index (χ1) is 9.84. The van der Waals surface area contributed by atoms with Gasteiger partial charge in [-0.2, -0.15) is 0 Å². The van der Waals surface area contributed by atoms with Crippen LogP contribution in [0, 0.1) is 0 Å². The lowest BCUT2D eigenvalue weighted by atomic mass is 10.1. The summed E-state index contributed by atoms with van der Waals surface area (Å²) < 4.78 is 0. The third kappa shape index (κ3) is 2.80. The summed E-state index contributed by atoms with van der Waals surface area (Å²) in [5, 5.41) is 4.00. The van der Waals surface area contributed by atoms with Crippen LogP contribution in [0.2, 0.25) is 0 Å². The Hall–Kier alpha value is -1.94. The Morgan fingerprint density at radius 2 is 2.00 bits per heavy atom. The second-order valence-electron chi connectivity index (χ2n) is 5.19. The Balaban J connectivity index is 1.66. The molecule has 2 heterocycles. The van der Waals surface area contributed by atoms with E-state index in [9.17, 15) is 4.79 Å². The van der Waals surface area contributed by atoms with Gasteiger partial charge in [-0.1, -0.05) is 18.2 Å². The van der Waals surface area contributed by atoms with Crippen LogP contribution in [-0.2, 0) is 0 Å². The van der Waals surface area contributed by atoms with Crippen LogP contribution in [0.5, 0.6) is 0 Å². The van der Waals surface area contributed by atoms with Crippen LogP contribution in [0.15, 0.2) is 36.5 Å². The maximum Gasteiger partial charge on any atom is 0.253 e. The topological polar surface area (TPSA) is 45.2 Å². The van der Waals surface area contributed by atoms with E-state index in [4.69, 9.17) is 0 Å². The molecule has 1 fully saturated rings. The number of amides is 1. The minimum atomic E-state index is -0.0338. The van der Waals surface area contributed by atoms with Crippen LogP contribution in [0.3, 0.4) is 0 Å². The quantitative estimate of drug-likeness (QED) is 0.924. The molecule has 1 saturated heterocycles. The molecule has 0 radical (unpaired) electrons. The van der Waals surface area contributed by atoms with E-state index in [0.29, 0.717) is 12.1 Å². The van der Waals surface area contributed by atoms with Gasteiger partial charge in [-0.15, -0.1) is 0 Å². The number of rotatable bonds is 4. The van der Waals surface area contributed by atoms with Crippen LogP contribution in [-0.4, -0.2) is 42.0 Å². The smallest absolute Gasteiger partial charge is 0.253 e. The predicted octanol–water partition coefficient (Wildman–Crippen LogP) is 2.06. The SMILES string of the molecule is O=C(NCCN1CCCC1)c1cccc2cccnc12. The molecule has 104 valence electrons. The van der Waals surface area contributed by atoms with Gasteiger partial charge in [0.05, 0.1) is 11.1 Å². The first-order valence-corrected chi connectivity index (χ1v) is 7.19. The molecular formula is C16H19N3O. The van der Waals surface area contributed by atoms with E-state index in [0.717, 1.165) is 30.5 Å². The highest BCUT2D eigenvalue weighted by Crippen LogP contribution is 2.15. The first-order valence-electron chi connectivity index (χ1n) is 7.19. The number of carbonyl (C=O) groups excluding carboxylic acids is 1. The molecule has 4 heteroatoms. The second-order valence-corrected chi connectivity index (χ2v) is 5.19. The Kier molecular flexibility index (Phi) is 3.92. The van der Waals surface area contributed by atoms with Crippen LogP contribution >= 0.6 is 0 Å². The minimum Gasteiger partial charge on any atom is -0.351 e. The molecule has 1 amide bonds. The number of fused-ring (bicyclic) bond motifs is 1. The molecule has 0 spiro atoms. The van der Waals surface area contributed by atoms with Crippen LogP contribution in [0.4, 0.5) is 0 Å². The van der Waals surface area contributed by atoms with Crippen molar-refractivity contribution in [2.75, 3.05) is 26.2 Å². The highest BCUT2D eigenvalue weighted by atomic mass is 16.1. The van der Waals surface area contributed by atoms with Crippen LogP contribution < -0.4 is 5.32 Å². The number of aromatic nitrogens is 1. The van der Waals surface area contributed by atoms with Crippen molar-refractivity contribution in [1.82, 2.24) is 15.2 Å². The monoisotopic (exact) mass is 269 g/mol. The molecule has 1 aromatic heterocycles. The summed E-state index contributed by atoms with van der Waals surface area (Å²) >= 11 is 0. The summed E-state index contributed by atoms with van der Waals surface area (Å²) in [6.07, 6.45) is 4.28. The van der Waals surface area contributed by atoms with E-state index in [1.165, 1.54) is 12.8 Å². The molecule has 0 unspecified atom stereocenters. The Labute approximate surface area is 118 Å². The lowest BCUT2D eigenvalue weighted by Gasteiger charge is -2.15. The first kappa shape index (κ1) is 13.1. The van der Waals surface area contributed by atoms with E-state index >= 15 is 0 Å². The molecule has 3 rings (SSSR count). The van der Waals surface area contributed by atoms with Gasteiger partial charge >= 0.3 is 0 Å². The zero-order valence-corrected chi connectivity index (χ0v) is 11.5. The summed E-state index contributed by atoms with van der Waals surface area (Å²) in [6.45, 7) is 3.95. The number of carbonyl (C=O) groups is 1. The van der Waals surface area contributed by atoms with E-state index in [1.807, 2.05) is 30.3 Å². The number of pyridine rings is 1. The van der Waals surface area contributed by atoms with Crippen molar-refractivity contribution in [1.29, 1.82) is 0 Å². The standard InChI is InChI=1S/C16H19N3O/c20-16(18-9-12-19-10-1-2-11-19)14-7-3-5-13-6-4-8-17-15(13)14/h3-8H,1-2,9-12H2,(H,18,20). The van der Waals surface area contributed by atoms with Gasteiger partial charge in [-0.3, -0.25) is 9.78 Å². The number of likely N-dealkylation sites (tertiary alicyclic amines) is 1. The fourth-order valence-electron chi connectivity index (χ4n) is 2.72. The summed E-state index contributed by atoms with van der Waals surface area (Å²) in [6, 6.07) is 9.57. The fraction of sp³-hybridized carbons (Fsp3) is 0.375. The lowest BCUT2D eigenvalue weighted by molar-refractivity contribution is 0.0951. The second kappa shape index (κ2) is 6.01. The molecule has 0 aliphatic carbocycles. The van der Waals surface area contributed by atoms with Crippen LogP contribution in [0.1, 0.15) is 23.2 Å². The van der Waals surface area contributed by atoms with E-state index < -0.39 is 0 Å². The Morgan fingerprint density at radius 1 is 1.20 bits per heavy atom. The molecule has 4 nitrogen and oxygen atoms in total. The van der Waals surface area contributed by atoms with Gasteiger partial charge in [0.1, 0.15) is 0 Å². The third-order valence-corrected chi connectivity index (χ3v) is 3.79. The molecule has 1 aromatic carbocycles. The molecule has 0 bridgehead atoms. The molecule has 1 N–H and O–H groups in total. The van der Waals surface area contributed by atoms with Crippen molar-refractivity contribution >= 4 is 16.8 Å². The van der Waals surface area contributed by atoms with E-state index in [-0.39, 0.29) is 5.91 Å². The van der Waals surface area contributed by atoms with Gasteiger partial charge in [0.2, 0.25) is 0 Å². The summed E-state index contributed by atoms with van der Waals surface area (Å²) in [7, 11) is 0. The van der Waals surface area contributed by atoms with Gasteiger partial charge in [-0.05, 0) is 38.1 Å². The van der Waals surface area contributed by atoms with Gasteiger partial charge in [0, 0.05) is 24.7 Å².